The van der Waals surface area contributed by atoms with E-state index >= 15 is 0 Å². The van der Waals surface area contributed by atoms with Gasteiger partial charge in [-0.3, -0.25) is 0 Å². The Morgan fingerprint density at radius 3 is 2.62 bits per heavy atom. The highest BCUT2D eigenvalue weighted by molar-refractivity contribution is 7.98. The normalized spacial score (nSPS) is 12.4. The Kier molecular flexibility index (Phi) is 6.03. The molecule has 1 aromatic carbocycles. The van der Waals surface area contributed by atoms with Crippen molar-refractivity contribution in [3.8, 4) is 0 Å². The second kappa shape index (κ2) is 7.78. The van der Waals surface area contributed by atoms with Gasteiger partial charge in [-0.2, -0.15) is 0 Å². The molecule has 0 spiro atoms. The molecule has 5 heteroatoms. The average molecular weight is 322 g/mol. The molecule has 21 heavy (non-hydrogen) atoms. The minimum absolute atomic E-state index is 0.163. The molecule has 0 aliphatic carbocycles. The van der Waals surface area contributed by atoms with Crippen molar-refractivity contribution >= 4 is 23.4 Å². The van der Waals surface area contributed by atoms with Crippen molar-refractivity contribution in [2.75, 3.05) is 0 Å². The number of hydrogen-bond acceptors (Lipinski definition) is 4. The highest BCUT2D eigenvalue weighted by Gasteiger charge is 2.07. The lowest BCUT2D eigenvalue weighted by molar-refractivity contribution is 0.633. The SMILES string of the molecule is CCC(N)Cc1cc(C)nc(CSc2ccc(Cl)cc2)n1. The summed E-state index contributed by atoms with van der Waals surface area (Å²) >= 11 is 7.60. The molecule has 1 aromatic heterocycles. The molecule has 1 atom stereocenters. The Balaban J connectivity index is 2.04. The highest BCUT2D eigenvalue weighted by Crippen LogP contribution is 2.23. The first kappa shape index (κ1) is 16.3. The average Bonchev–Trinajstić information content (AvgIpc) is 2.46. The van der Waals surface area contributed by atoms with Crippen molar-refractivity contribution in [3.05, 3.63) is 52.6 Å². The Bertz CT molecular complexity index is 587. The first-order valence-electron chi connectivity index (χ1n) is 7.04. The molecule has 0 fully saturated rings. The molecular weight excluding hydrogens is 302 g/mol. The Morgan fingerprint density at radius 1 is 1.24 bits per heavy atom. The number of benzene rings is 1. The van der Waals surface area contributed by atoms with Crippen molar-refractivity contribution in [2.45, 2.75) is 43.4 Å². The topological polar surface area (TPSA) is 51.8 Å². The summed E-state index contributed by atoms with van der Waals surface area (Å²) in [6.45, 7) is 4.09. The number of hydrogen-bond donors (Lipinski definition) is 1. The number of nitrogens with zero attached hydrogens (tertiary/aromatic N) is 2. The molecule has 0 radical (unpaired) electrons. The third-order valence-electron chi connectivity index (χ3n) is 3.13. The lowest BCUT2D eigenvalue weighted by atomic mass is 10.1. The fourth-order valence-electron chi connectivity index (χ4n) is 1.96. The van der Waals surface area contributed by atoms with Crippen LogP contribution in [-0.4, -0.2) is 16.0 Å². The monoisotopic (exact) mass is 321 g/mol. The van der Waals surface area contributed by atoms with Gasteiger partial charge in [0.15, 0.2) is 0 Å². The van der Waals surface area contributed by atoms with Gasteiger partial charge in [0.05, 0.1) is 5.75 Å². The van der Waals surface area contributed by atoms with E-state index in [1.165, 1.54) is 0 Å². The van der Waals surface area contributed by atoms with Crippen molar-refractivity contribution < 1.29 is 0 Å². The quantitative estimate of drug-likeness (QED) is 0.817. The number of nitrogens with two attached hydrogens (primary N) is 1. The van der Waals surface area contributed by atoms with Crippen LogP contribution in [0.5, 0.6) is 0 Å². The number of aryl methyl sites for hydroxylation is 1. The van der Waals surface area contributed by atoms with Gasteiger partial charge in [-0.15, -0.1) is 11.8 Å². The zero-order valence-electron chi connectivity index (χ0n) is 12.3. The minimum Gasteiger partial charge on any atom is -0.327 e. The van der Waals surface area contributed by atoms with Crippen LogP contribution in [0.25, 0.3) is 0 Å². The van der Waals surface area contributed by atoms with Gasteiger partial charge in [0.25, 0.3) is 0 Å². The van der Waals surface area contributed by atoms with Crippen LogP contribution in [0.4, 0.5) is 0 Å². The number of rotatable bonds is 6. The van der Waals surface area contributed by atoms with Crippen LogP contribution in [-0.2, 0) is 12.2 Å². The van der Waals surface area contributed by atoms with Gasteiger partial charge in [-0.1, -0.05) is 18.5 Å². The Labute approximate surface area is 135 Å². The number of halogens is 1. The van der Waals surface area contributed by atoms with Crippen LogP contribution >= 0.6 is 23.4 Å². The van der Waals surface area contributed by atoms with E-state index in [0.717, 1.165) is 45.7 Å². The molecule has 0 saturated heterocycles. The maximum absolute atomic E-state index is 6.01. The van der Waals surface area contributed by atoms with Crippen LogP contribution < -0.4 is 5.73 Å². The first-order valence-corrected chi connectivity index (χ1v) is 8.40. The van der Waals surface area contributed by atoms with Gasteiger partial charge >= 0.3 is 0 Å². The third kappa shape index (κ3) is 5.30. The second-order valence-corrected chi connectivity index (χ2v) is 6.52. The summed E-state index contributed by atoms with van der Waals surface area (Å²) in [5.74, 6) is 1.60. The molecule has 0 aliphatic heterocycles. The molecule has 1 unspecified atom stereocenters. The molecule has 0 amide bonds. The van der Waals surface area contributed by atoms with Gasteiger partial charge in [-0.05, 0) is 43.7 Å². The summed E-state index contributed by atoms with van der Waals surface area (Å²) in [5.41, 5.74) is 8.03. The van der Waals surface area contributed by atoms with Gasteiger partial charge in [0.1, 0.15) is 5.82 Å². The maximum atomic E-state index is 6.01. The lowest BCUT2D eigenvalue weighted by Gasteiger charge is -2.10. The van der Waals surface area contributed by atoms with E-state index in [0.29, 0.717) is 0 Å². The molecule has 1 heterocycles. The van der Waals surface area contributed by atoms with Crippen LogP contribution in [0, 0.1) is 6.92 Å². The fourth-order valence-corrected chi connectivity index (χ4v) is 2.84. The largest absolute Gasteiger partial charge is 0.327 e. The third-order valence-corrected chi connectivity index (χ3v) is 4.39. The van der Waals surface area contributed by atoms with Gasteiger partial charge in [0, 0.05) is 33.8 Å². The molecule has 2 rings (SSSR count). The molecule has 0 saturated carbocycles. The Morgan fingerprint density at radius 2 is 1.95 bits per heavy atom. The predicted molar refractivity (Wildman–Crippen MR) is 89.8 cm³/mol. The number of aromatic nitrogens is 2. The molecular formula is C16H20ClN3S. The maximum Gasteiger partial charge on any atom is 0.139 e. The lowest BCUT2D eigenvalue weighted by Crippen LogP contribution is -2.22. The van der Waals surface area contributed by atoms with Crippen molar-refractivity contribution in [2.24, 2.45) is 5.73 Å². The molecule has 0 aliphatic rings. The van der Waals surface area contributed by atoms with E-state index in [4.69, 9.17) is 17.3 Å². The van der Waals surface area contributed by atoms with E-state index in [9.17, 15) is 0 Å². The summed E-state index contributed by atoms with van der Waals surface area (Å²) in [5, 5.41) is 0.752. The second-order valence-electron chi connectivity index (χ2n) is 5.03. The minimum atomic E-state index is 0.163. The summed E-state index contributed by atoms with van der Waals surface area (Å²) in [6, 6.07) is 10.00. The predicted octanol–water partition coefficient (Wildman–Crippen LogP) is 4.01. The smallest absolute Gasteiger partial charge is 0.139 e. The standard InChI is InChI=1S/C16H20ClN3S/c1-3-13(18)9-14-8-11(2)19-16(20-14)10-21-15-6-4-12(17)5-7-15/h4-8,13H,3,9-10,18H2,1-2H3. The van der Waals surface area contributed by atoms with E-state index in [1.807, 2.05) is 37.3 Å². The van der Waals surface area contributed by atoms with E-state index in [-0.39, 0.29) is 6.04 Å². The molecule has 3 nitrogen and oxygen atoms in total. The summed E-state index contributed by atoms with van der Waals surface area (Å²) in [7, 11) is 0. The molecule has 2 aromatic rings. The fraction of sp³-hybridized carbons (Fsp3) is 0.375. The molecule has 0 bridgehead atoms. The first-order chi connectivity index (χ1) is 10.1. The van der Waals surface area contributed by atoms with E-state index in [2.05, 4.69) is 16.9 Å². The van der Waals surface area contributed by atoms with Crippen LogP contribution in [0.1, 0.15) is 30.6 Å². The zero-order chi connectivity index (χ0) is 15.2. The van der Waals surface area contributed by atoms with E-state index in [1.54, 1.807) is 11.8 Å². The highest BCUT2D eigenvalue weighted by atomic mass is 35.5. The number of thioether (sulfide) groups is 1. The van der Waals surface area contributed by atoms with Gasteiger partial charge in [0.2, 0.25) is 0 Å². The van der Waals surface area contributed by atoms with Crippen molar-refractivity contribution in [1.29, 1.82) is 0 Å². The zero-order valence-corrected chi connectivity index (χ0v) is 13.9. The van der Waals surface area contributed by atoms with Gasteiger partial charge in [-0.25, -0.2) is 9.97 Å². The summed E-state index contributed by atoms with van der Waals surface area (Å²) < 4.78 is 0. The van der Waals surface area contributed by atoms with E-state index < -0.39 is 0 Å². The summed E-state index contributed by atoms with van der Waals surface area (Å²) in [4.78, 5) is 10.3. The Hall–Kier alpha value is -1.10. The van der Waals surface area contributed by atoms with Gasteiger partial charge < -0.3 is 5.73 Å². The van der Waals surface area contributed by atoms with Crippen LogP contribution in [0.3, 0.4) is 0 Å². The summed E-state index contributed by atoms with van der Waals surface area (Å²) in [6.07, 6.45) is 1.76. The molecule has 112 valence electrons. The van der Waals surface area contributed by atoms with Crippen molar-refractivity contribution in [1.82, 2.24) is 9.97 Å². The van der Waals surface area contributed by atoms with Crippen LogP contribution in [0.15, 0.2) is 35.2 Å². The van der Waals surface area contributed by atoms with Crippen LogP contribution in [0.2, 0.25) is 5.02 Å². The van der Waals surface area contributed by atoms with Crippen molar-refractivity contribution in [3.63, 3.8) is 0 Å². The molecule has 2 N–H and O–H groups in total.